The Balaban J connectivity index is 1.44. The maximum Gasteiger partial charge on any atom is 0.317 e. The van der Waals surface area contributed by atoms with E-state index in [1.807, 2.05) is 13.2 Å². The molecule has 2 saturated heterocycles. The molecule has 3 fully saturated rings. The highest BCUT2D eigenvalue weighted by Gasteiger charge is 2.55. The molecule has 1 saturated carbocycles. The predicted octanol–water partition coefficient (Wildman–Crippen LogP) is 0.265. The lowest BCUT2D eigenvalue weighted by Gasteiger charge is -2.36. The summed E-state index contributed by atoms with van der Waals surface area (Å²) in [5, 5.41) is 16.7. The molecule has 3 heterocycles. The second-order valence-corrected chi connectivity index (χ2v) is 7.16. The molecular formula is C16H22N4O4. The Hall–Kier alpha value is -2.09. The van der Waals surface area contributed by atoms with Gasteiger partial charge in [0.15, 0.2) is 0 Å². The Kier molecular flexibility index (Phi) is 3.71. The molecule has 3 aliphatic rings. The van der Waals surface area contributed by atoms with E-state index >= 15 is 0 Å². The smallest absolute Gasteiger partial charge is 0.317 e. The molecule has 8 nitrogen and oxygen atoms in total. The fourth-order valence-corrected chi connectivity index (χ4v) is 4.02. The second kappa shape index (κ2) is 5.77. The van der Waals surface area contributed by atoms with Crippen molar-refractivity contribution in [3.8, 4) is 0 Å². The number of fused-ring (bicyclic) bond motifs is 1. The third kappa shape index (κ3) is 2.75. The molecule has 0 spiro atoms. The number of carboxylic acids is 1. The first-order valence-electron chi connectivity index (χ1n) is 8.37. The van der Waals surface area contributed by atoms with Gasteiger partial charge < -0.3 is 20.1 Å². The molecule has 4 rings (SSSR count). The standard InChI is InChI=1S/C16H22N4O4/c1-19-4-11(3-17-19)9-2-10(15(21)22)6-20(5-9)16(23)18-14-12-7-24-8-13(12)14/h3-4,9-10,12-14H,2,5-8H2,1H3,(H,18,23)(H,21,22)/t9?,10?,12-,13+,14?. The molecule has 1 aromatic heterocycles. The highest BCUT2D eigenvalue weighted by Crippen LogP contribution is 2.44. The van der Waals surface area contributed by atoms with Gasteiger partial charge in [0.2, 0.25) is 0 Å². The molecule has 24 heavy (non-hydrogen) atoms. The highest BCUT2D eigenvalue weighted by molar-refractivity contribution is 5.77. The van der Waals surface area contributed by atoms with Gasteiger partial charge in [-0.15, -0.1) is 0 Å². The van der Waals surface area contributed by atoms with Crippen LogP contribution in [0.15, 0.2) is 12.4 Å². The zero-order chi connectivity index (χ0) is 16.8. The lowest BCUT2D eigenvalue weighted by molar-refractivity contribution is -0.143. The van der Waals surface area contributed by atoms with Crippen LogP contribution >= 0.6 is 0 Å². The van der Waals surface area contributed by atoms with Crippen LogP contribution in [0.1, 0.15) is 17.9 Å². The minimum atomic E-state index is -0.849. The van der Waals surface area contributed by atoms with Crippen molar-refractivity contribution in [3.63, 3.8) is 0 Å². The minimum absolute atomic E-state index is 0.00124. The lowest BCUT2D eigenvalue weighted by Crippen LogP contribution is -2.50. The van der Waals surface area contributed by atoms with Gasteiger partial charge in [0.1, 0.15) is 0 Å². The Morgan fingerprint density at radius 1 is 1.33 bits per heavy atom. The van der Waals surface area contributed by atoms with Gasteiger partial charge in [0.25, 0.3) is 0 Å². The van der Waals surface area contributed by atoms with Crippen LogP contribution in [0, 0.1) is 17.8 Å². The number of hydrogen-bond acceptors (Lipinski definition) is 4. The van der Waals surface area contributed by atoms with E-state index in [1.54, 1.807) is 15.8 Å². The Morgan fingerprint density at radius 2 is 2.08 bits per heavy atom. The number of aliphatic carboxylic acids is 1. The van der Waals surface area contributed by atoms with Gasteiger partial charge in [-0.05, 0) is 12.0 Å². The molecule has 130 valence electrons. The van der Waals surface area contributed by atoms with Crippen LogP contribution in [0.25, 0.3) is 0 Å². The Labute approximate surface area is 139 Å². The van der Waals surface area contributed by atoms with Crippen LogP contribution in [-0.4, -0.2) is 64.1 Å². The van der Waals surface area contributed by atoms with Gasteiger partial charge in [-0.2, -0.15) is 5.10 Å². The number of aryl methyl sites for hydroxylation is 1. The number of nitrogens with zero attached hydrogens (tertiary/aromatic N) is 3. The van der Waals surface area contributed by atoms with Gasteiger partial charge in [0, 0.05) is 50.1 Å². The van der Waals surface area contributed by atoms with Crippen LogP contribution in [0.3, 0.4) is 0 Å². The summed E-state index contributed by atoms with van der Waals surface area (Å²) in [5.74, 6) is -0.526. The van der Waals surface area contributed by atoms with Crippen LogP contribution < -0.4 is 5.32 Å². The molecule has 2 aliphatic heterocycles. The van der Waals surface area contributed by atoms with Crippen molar-refractivity contribution in [2.75, 3.05) is 26.3 Å². The average Bonchev–Trinajstić information content (AvgIpc) is 2.97. The van der Waals surface area contributed by atoms with Gasteiger partial charge in [-0.1, -0.05) is 0 Å². The normalized spacial score (nSPS) is 34.7. The zero-order valence-electron chi connectivity index (χ0n) is 13.6. The van der Waals surface area contributed by atoms with Crippen molar-refractivity contribution < 1.29 is 19.4 Å². The number of carbonyl (C=O) groups excluding carboxylic acids is 1. The predicted molar refractivity (Wildman–Crippen MR) is 83.4 cm³/mol. The first-order chi connectivity index (χ1) is 11.5. The SMILES string of the molecule is Cn1cc(C2CC(C(=O)O)CN(C(=O)NC3[C@H]4COC[C@@H]34)C2)cn1. The van der Waals surface area contributed by atoms with Crippen LogP contribution in [0.5, 0.6) is 0 Å². The fraction of sp³-hybridized carbons (Fsp3) is 0.688. The molecule has 5 atom stereocenters. The quantitative estimate of drug-likeness (QED) is 0.827. The number of urea groups is 1. The number of piperidine rings is 1. The number of rotatable bonds is 3. The van der Waals surface area contributed by atoms with Crippen molar-refractivity contribution in [1.82, 2.24) is 20.0 Å². The van der Waals surface area contributed by atoms with E-state index < -0.39 is 11.9 Å². The van der Waals surface area contributed by atoms with Crippen molar-refractivity contribution in [2.45, 2.75) is 18.4 Å². The third-order valence-corrected chi connectivity index (χ3v) is 5.53. The maximum absolute atomic E-state index is 12.6. The summed E-state index contributed by atoms with van der Waals surface area (Å²) < 4.78 is 7.04. The van der Waals surface area contributed by atoms with Gasteiger partial charge in [-0.3, -0.25) is 9.48 Å². The topological polar surface area (TPSA) is 96.7 Å². The van der Waals surface area contributed by atoms with Crippen LogP contribution in [-0.2, 0) is 16.6 Å². The van der Waals surface area contributed by atoms with Gasteiger partial charge >= 0.3 is 12.0 Å². The van der Waals surface area contributed by atoms with E-state index in [9.17, 15) is 14.7 Å². The van der Waals surface area contributed by atoms with Crippen molar-refractivity contribution in [3.05, 3.63) is 18.0 Å². The largest absolute Gasteiger partial charge is 0.481 e. The molecule has 0 bridgehead atoms. The second-order valence-electron chi connectivity index (χ2n) is 7.16. The highest BCUT2D eigenvalue weighted by atomic mass is 16.5. The summed E-state index contributed by atoms with van der Waals surface area (Å²) in [4.78, 5) is 25.7. The van der Waals surface area contributed by atoms with Crippen molar-refractivity contribution in [1.29, 1.82) is 0 Å². The lowest BCUT2D eigenvalue weighted by atomic mass is 9.86. The fourth-order valence-electron chi connectivity index (χ4n) is 4.02. The zero-order valence-corrected chi connectivity index (χ0v) is 13.6. The Bertz CT molecular complexity index is 650. The summed E-state index contributed by atoms with van der Waals surface area (Å²) in [6.07, 6.45) is 4.19. The molecule has 8 heteroatoms. The third-order valence-electron chi connectivity index (χ3n) is 5.53. The van der Waals surface area contributed by atoms with E-state index in [2.05, 4.69) is 10.4 Å². The van der Waals surface area contributed by atoms with E-state index in [0.717, 1.165) is 5.56 Å². The first-order valence-corrected chi connectivity index (χ1v) is 8.37. The number of nitrogens with one attached hydrogen (secondary N) is 1. The minimum Gasteiger partial charge on any atom is -0.481 e. The number of ether oxygens (including phenoxy) is 1. The number of likely N-dealkylation sites (tertiary alicyclic amines) is 1. The summed E-state index contributed by atoms with van der Waals surface area (Å²) in [5.41, 5.74) is 0.984. The maximum atomic E-state index is 12.6. The molecule has 1 aromatic rings. The molecule has 0 aromatic carbocycles. The molecule has 2 N–H and O–H groups in total. The monoisotopic (exact) mass is 334 g/mol. The van der Waals surface area contributed by atoms with Crippen molar-refractivity contribution >= 4 is 12.0 Å². The summed E-state index contributed by atoms with van der Waals surface area (Å²) in [6, 6.07) is 0.0301. The van der Waals surface area contributed by atoms with E-state index in [1.165, 1.54) is 0 Å². The number of aromatic nitrogens is 2. The number of amides is 2. The average molecular weight is 334 g/mol. The van der Waals surface area contributed by atoms with E-state index in [-0.39, 0.29) is 24.5 Å². The number of carboxylic acid groups (broad SMARTS) is 1. The summed E-state index contributed by atoms with van der Waals surface area (Å²) in [6.45, 7) is 2.22. The van der Waals surface area contributed by atoms with Gasteiger partial charge in [-0.25, -0.2) is 4.79 Å². The van der Waals surface area contributed by atoms with Crippen LogP contribution in [0.4, 0.5) is 4.79 Å². The van der Waals surface area contributed by atoms with E-state index in [0.29, 0.717) is 38.0 Å². The molecular weight excluding hydrogens is 312 g/mol. The summed E-state index contributed by atoms with van der Waals surface area (Å²) >= 11 is 0. The Morgan fingerprint density at radius 3 is 2.71 bits per heavy atom. The number of carbonyl (C=O) groups is 2. The first kappa shape index (κ1) is 15.4. The summed E-state index contributed by atoms with van der Waals surface area (Å²) in [7, 11) is 1.83. The molecule has 0 radical (unpaired) electrons. The van der Waals surface area contributed by atoms with Gasteiger partial charge in [0.05, 0.1) is 25.3 Å². The number of hydrogen-bond donors (Lipinski definition) is 2. The van der Waals surface area contributed by atoms with Crippen molar-refractivity contribution in [2.24, 2.45) is 24.8 Å². The molecule has 3 unspecified atom stereocenters. The van der Waals surface area contributed by atoms with E-state index in [4.69, 9.17) is 4.74 Å². The molecule has 1 aliphatic carbocycles. The van der Waals surface area contributed by atoms with Crippen LogP contribution in [0.2, 0.25) is 0 Å². The molecule has 2 amide bonds.